The fourth-order valence-electron chi connectivity index (χ4n) is 2.15. The molecular weight excluding hydrogens is 256 g/mol. The van der Waals surface area contributed by atoms with Gasteiger partial charge in [-0.15, -0.1) is 0 Å². The molecule has 20 heavy (non-hydrogen) atoms. The first-order valence-corrected chi connectivity index (χ1v) is 6.98. The number of rotatable bonds is 6. The normalized spacial score (nSPS) is 14.3. The van der Waals surface area contributed by atoms with Crippen molar-refractivity contribution < 1.29 is 14.3 Å². The monoisotopic (exact) mass is 278 g/mol. The standard InChI is InChI=1S/C15H22N2O3/c1-19-13-7-6-11(10-14(13)20-2)8-9-16-15(18)17-12-4-3-5-12/h6-7,10,12H,3-5,8-9H2,1-2H3,(H2,16,17,18). The molecule has 0 spiro atoms. The lowest BCUT2D eigenvalue weighted by molar-refractivity contribution is 0.228. The first-order valence-electron chi connectivity index (χ1n) is 6.98. The first-order chi connectivity index (χ1) is 9.72. The van der Waals surface area contributed by atoms with E-state index in [1.165, 1.54) is 6.42 Å². The van der Waals surface area contributed by atoms with E-state index in [2.05, 4.69) is 10.6 Å². The molecule has 1 fully saturated rings. The summed E-state index contributed by atoms with van der Waals surface area (Å²) in [4.78, 5) is 11.6. The van der Waals surface area contributed by atoms with Crippen molar-refractivity contribution in [1.29, 1.82) is 0 Å². The molecule has 2 N–H and O–H groups in total. The van der Waals surface area contributed by atoms with Gasteiger partial charge in [-0.05, 0) is 43.4 Å². The lowest BCUT2D eigenvalue weighted by atomic mass is 9.93. The predicted molar refractivity (Wildman–Crippen MR) is 77.4 cm³/mol. The quantitative estimate of drug-likeness (QED) is 0.837. The van der Waals surface area contributed by atoms with Gasteiger partial charge < -0.3 is 20.1 Å². The predicted octanol–water partition coefficient (Wildman–Crippen LogP) is 2.10. The van der Waals surface area contributed by atoms with Gasteiger partial charge in [0.25, 0.3) is 0 Å². The minimum absolute atomic E-state index is 0.0739. The van der Waals surface area contributed by atoms with E-state index in [0.717, 1.165) is 24.8 Å². The molecule has 1 saturated carbocycles. The average Bonchev–Trinajstić information content (AvgIpc) is 2.42. The average molecular weight is 278 g/mol. The van der Waals surface area contributed by atoms with Crippen molar-refractivity contribution in [2.45, 2.75) is 31.7 Å². The Balaban J connectivity index is 1.76. The van der Waals surface area contributed by atoms with Crippen LogP contribution in [0.5, 0.6) is 11.5 Å². The van der Waals surface area contributed by atoms with Crippen LogP contribution < -0.4 is 20.1 Å². The number of nitrogens with one attached hydrogen (secondary N) is 2. The van der Waals surface area contributed by atoms with E-state index in [9.17, 15) is 4.79 Å². The van der Waals surface area contributed by atoms with Gasteiger partial charge in [-0.1, -0.05) is 6.07 Å². The highest BCUT2D eigenvalue weighted by molar-refractivity contribution is 5.74. The zero-order chi connectivity index (χ0) is 14.4. The molecule has 0 saturated heterocycles. The number of methoxy groups -OCH3 is 2. The molecule has 5 heteroatoms. The van der Waals surface area contributed by atoms with Crippen molar-refractivity contribution in [1.82, 2.24) is 10.6 Å². The van der Waals surface area contributed by atoms with Crippen molar-refractivity contribution in [3.63, 3.8) is 0 Å². The summed E-state index contributed by atoms with van der Waals surface area (Å²) in [5.74, 6) is 1.43. The highest BCUT2D eigenvalue weighted by Crippen LogP contribution is 2.27. The third-order valence-electron chi connectivity index (χ3n) is 3.59. The SMILES string of the molecule is COc1ccc(CCNC(=O)NC2CCC2)cc1OC. The van der Waals surface area contributed by atoms with Crippen LogP contribution in [0.15, 0.2) is 18.2 Å². The Morgan fingerprint density at radius 2 is 2.00 bits per heavy atom. The van der Waals surface area contributed by atoms with E-state index < -0.39 is 0 Å². The molecule has 0 unspecified atom stereocenters. The van der Waals surface area contributed by atoms with Crippen LogP contribution in [0.1, 0.15) is 24.8 Å². The van der Waals surface area contributed by atoms with Crippen LogP contribution in [-0.2, 0) is 6.42 Å². The molecule has 0 atom stereocenters. The van der Waals surface area contributed by atoms with Crippen molar-refractivity contribution in [3.8, 4) is 11.5 Å². The van der Waals surface area contributed by atoms with Crippen LogP contribution in [0, 0.1) is 0 Å². The third-order valence-corrected chi connectivity index (χ3v) is 3.59. The van der Waals surface area contributed by atoms with Crippen LogP contribution in [0.4, 0.5) is 4.79 Å². The molecule has 1 aromatic rings. The number of carbonyl (C=O) groups excluding carboxylic acids is 1. The topological polar surface area (TPSA) is 59.6 Å². The highest BCUT2D eigenvalue weighted by Gasteiger charge is 2.18. The molecule has 1 aliphatic rings. The van der Waals surface area contributed by atoms with Gasteiger partial charge in [-0.2, -0.15) is 0 Å². The molecule has 0 bridgehead atoms. The van der Waals surface area contributed by atoms with Gasteiger partial charge >= 0.3 is 6.03 Å². The van der Waals surface area contributed by atoms with Crippen molar-refractivity contribution in [2.75, 3.05) is 20.8 Å². The van der Waals surface area contributed by atoms with Crippen molar-refractivity contribution >= 4 is 6.03 Å². The zero-order valence-electron chi connectivity index (χ0n) is 12.1. The summed E-state index contributed by atoms with van der Waals surface area (Å²) in [6, 6.07) is 6.09. The highest BCUT2D eigenvalue weighted by atomic mass is 16.5. The van der Waals surface area contributed by atoms with Gasteiger partial charge in [0.2, 0.25) is 0 Å². The molecule has 2 amide bonds. The van der Waals surface area contributed by atoms with E-state index in [4.69, 9.17) is 9.47 Å². The molecular formula is C15H22N2O3. The zero-order valence-corrected chi connectivity index (χ0v) is 12.1. The summed E-state index contributed by atoms with van der Waals surface area (Å²) in [5, 5.41) is 5.82. The van der Waals surface area contributed by atoms with E-state index in [1.54, 1.807) is 14.2 Å². The van der Waals surface area contributed by atoms with Gasteiger partial charge in [-0.3, -0.25) is 0 Å². The van der Waals surface area contributed by atoms with Crippen LogP contribution in [0.25, 0.3) is 0 Å². The number of amides is 2. The summed E-state index contributed by atoms with van der Waals surface area (Å²) in [6.45, 7) is 0.605. The van der Waals surface area contributed by atoms with Crippen molar-refractivity contribution in [2.24, 2.45) is 0 Å². The van der Waals surface area contributed by atoms with Crippen LogP contribution in [0.3, 0.4) is 0 Å². The minimum atomic E-state index is -0.0739. The smallest absolute Gasteiger partial charge is 0.315 e. The summed E-state index contributed by atoms with van der Waals surface area (Å²) < 4.78 is 10.4. The number of hydrogen-bond donors (Lipinski definition) is 2. The summed E-state index contributed by atoms with van der Waals surface area (Å²) in [6.07, 6.45) is 4.18. The Hall–Kier alpha value is -1.91. The lowest BCUT2D eigenvalue weighted by Crippen LogP contribution is -2.45. The number of hydrogen-bond acceptors (Lipinski definition) is 3. The molecule has 0 radical (unpaired) electrons. The second-order valence-corrected chi connectivity index (χ2v) is 4.97. The Kier molecular flexibility index (Phi) is 5.09. The van der Waals surface area contributed by atoms with Crippen LogP contribution >= 0.6 is 0 Å². The van der Waals surface area contributed by atoms with Gasteiger partial charge in [0.05, 0.1) is 14.2 Å². The fourth-order valence-corrected chi connectivity index (χ4v) is 2.15. The lowest BCUT2D eigenvalue weighted by Gasteiger charge is -2.26. The van der Waals surface area contributed by atoms with Crippen LogP contribution in [-0.4, -0.2) is 32.8 Å². The van der Waals surface area contributed by atoms with Gasteiger partial charge in [0, 0.05) is 12.6 Å². The minimum Gasteiger partial charge on any atom is -0.493 e. The Labute approximate surface area is 119 Å². The Morgan fingerprint density at radius 3 is 2.60 bits per heavy atom. The van der Waals surface area contributed by atoms with Crippen LogP contribution in [0.2, 0.25) is 0 Å². The maximum absolute atomic E-state index is 11.6. The number of urea groups is 1. The largest absolute Gasteiger partial charge is 0.493 e. The van der Waals surface area contributed by atoms with Gasteiger partial charge in [0.15, 0.2) is 11.5 Å². The second kappa shape index (κ2) is 7.03. The van der Waals surface area contributed by atoms with E-state index in [1.807, 2.05) is 18.2 Å². The molecule has 0 aromatic heterocycles. The molecule has 1 aliphatic carbocycles. The second-order valence-electron chi connectivity index (χ2n) is 4.97. The summed E-state index contributed by atoms with van der Waals surface area (Å²) >= 11 is 0. The van der Waals surface area contributed by atoms with Gasteiger partial charge in [0.1, 0.15) is 0 Å². The van der Waals surface area contributed by atoms with E-state index in [0.29, 0.717) is 24.1 Å². The molecule has 2 rings (SSSR count). The summed E-state index contributed by atoms with van der Waals surface area (Å²) in [7, 11) is 3.23. The third kappa shape index (κ3) is 3.79. The molecule has 0 aliphatic heterocycles. The number of ether oxygens (including phenoxy) is 2. The molecule has 0 heterocycles. The molecule has 1 aromatic carbocycles. The molecule has 5 nitrogen and oxygen atoms in total. The fraction of sp³-hybridized carbons (Fsp3) is 0.533. The number of carbonyl (C=O) groups is 1. The van der Waals surface area contributed by atoms with E-state index >= 15 is 0 Å². The summed E-state index contributed by atoms with van der Waals surface area (Å²) in [5.41, 5.74) is 1.10. The maximum atomic E-state index is 11.6. The van der Waals surface area contributed by atoms with E-state index in [-0.39, 0.29) is 6.03 Å². The molecule has 110 valence electrons. The van der Waals surface area contributed by atoms with Gasteiger partial charge in [-0.25, -0.2) is 4.79 Å². The first kappa shape index (κ1) is 14.5. The number of benzene rings is 1. The maximum Gasteiger partial charge on any atom is 0.315 e. The van der Waals surface area contributed by atoms with Crippen molar-refractivity contribution in [3.05, 3.63) is 23.8 Å². The Bertz CT molecular complexity index is 458. The Morgan fingerprint density at radius 1 is 1.25 bits per heavy atom.